The van der Waals surface area contributed by atoms with Crippen molar-refractivity contribution in [3.63, 3.8) is 0 Å². The molecule has 3 heterocycles. The summed E-state index contributed by atoms with van der Waals surface area (Å²) in [6, 6.07) is 3.66. The normalized spacial score (nSPS) is 14.3. The van der Waals surface area contributed by atoms with E-state index in [1.807, 2.05) is 6.07 Å². The molecule has 0 amide bonds. The van der Waals surface area contributed by atoms with Crippen LogP contribution in [0.3, 0.4) is 0 Å². The zero-order valence-electron chi connectivity index (χ0n) is 10.9. The van der Waals surface area contributed by atoms with Gasteiger partial charge in [0, 0.05) is 19.2 Å². The molecular formula is C13H14N6S. The summed E-state index contributed by atoms with van der Waals surface area (Å²) in [6.45, 7) is 0.945. The Morgan fingerprint density at radius 3 is 3.00 bits per heavy atom. The quantitative estimate of drug-likeness (QED) is 0.907. The lowest BCUT2D eigenvalue weighted by atomic mass is 10.2. The molecule has 0 fully saturated rings. The fraction of sp³-hybridized carbons (Fsp3) is 0.385. The van der Waals surface area contributed by atoms with E-state index in [0.717, 1.165) is 30.4 Å². The van der Waals surface area contributed by atoms with E-state index in [0.29, 0.717) is 16.3 Å². The van der Waals surface area contributed by atoms with Gasteiger partial charge in [0.25, 0.3) is 0 Å². The highest BCUT2D eigenvalue weighted by Crippen LogP contribution is 2.30. The van der Waals surface area contributed by atoms with Crippen molar-refractivity contribution in [2.75, 3.05) is 5.73 Å². The van der Waals surface area contributed by atoms with Crippen molar-refractivity contribution in [2.45, 2.75) is 42.4 Å². The zero-order valence-corrected chi connectivity index (χ0v) is 11.7. The van der Waals surface area contributed by atoms with Gasteiger partial charge in [-0.3, -0.25) is 0 Å². The summed E-state index contributed by atoms with van der Waals surface area (Å²) in [5.74, 6) is 1.04. The van der Waals surface area contributed by atoms with Gasteiger partial charge in [-0.15, -0.1) is 10.2 Å². The van der Waals surface area contributed by atoms with Crippen LogP contribution < -0.4 is 5.73 Å². The van der Waals surface area contributed by atoms with E-state index in [4.69, 9.17) is 11.0 Å². The minimum Gasteiger partial charge on any atom is -0.396 e. The second kappa shape index (κ2) is 5.51. The molecule has 1 aliphatic rings. The summed E-state index contributed by atoms with van der Waals surface area (Å²) in [5.41, 5.74) is 6.89. The SMILES string of the molecule is N#Cc1cnc(Sc2nnc3n2CCCCC3)c(N)c1. The molecule has 0 radical (unpaired) electrons. The van der Waals surface area contributed by atoms with E-state index in [-0.39, 0.29) is 0 Å². The first-order valence-corrected chi connectivity index (χ1v) is 7.35. The largest absolute Gasteiger partial charge is 0.396 e. The summed E-state index contributed by atoms with van der Waals surface area (Å²) in [6.07, 6.45) is 6.04. The van der Waals surface area contributed by atoms with Gasteiger partial charge in [0.1, 0.15) is 16.9 Å². The number of nitrogen functional groups attached to an aromatic ring is 1. The third-order valence-corrected chi connectivity index (χ3v) is 4.29. The average Bonchev–Trinajstić information content (AvgIpc) is 2.69. The van der Waals surface area contributed by atoms with Gasteiger partial charge >= 0.3 is 0 Å². The highest BCUT2D eigenvalue weighted by Gasteiger charge is 2.17. The van der Waals surface area contributed by atoms with Crippen molar-refractivity contribution < 1.29 is 0 Å². The third kappa shape index (κ3) is 2.47. The lowest BCUT2D eigenvalue weighted by molar-refractivity contribution is 0.590. The maximum atomic E-state index is 8.82. The smallest absolute Gasteiger partial charge is 0.197 e. The monoisotopic (exact) mass is 286 g/mol. The van der Waals surface area contributed by atoms with Gasteiger partial charge in [-0.1, -0.05) is 6.42 Å². The third-order valence-electron chi connectivity index (χ3n) is 3.27. The Bertz CT molecular complexity index is 672. The number of nitrogens with zero attached hydrogens (tertiary/aromatic N) is 5. The van der Waals surface area contributed by atoms with Crippen LogP contribution >= 0.6 is 11.8 Å². The molecule has 0 atom stereocenters. The number of nitrogens with two attached hydrogens (primary N) is 1. The molecule has 2 aromatic heterocycles. The number of anilines is 1. The molecule has 3 rings (SSSR count). The maximum absolute atomic E-state index is 8.82. The number of hydrogen-bond donors (Lipinski definition) is 1. The van der Waals surface area contributed by atoms with Gasteiger partial charge in [0.2, 0.25) is 0 Å². The van der Waals surface area contributed by atoms with E-state index in [2.05, 4.69) is 19.7 Å². The van der Waals surface area contributed by atoms with Crippen LogP contribution in [0.2, 0.25) is 0 Å². The van der Waals surface area contributed by atoms with Gasteiger partial charge in [0.05, 0.1) is 11.3 Å². The molecule has 0 saturated carbocycles. The second-order valence-corrected chi connectivity index (χ2v) is 5.65. The van der Waals surface area contributed by atoms with Crippen LogP contribution in [0.25, 0.3) is 0 Å². The number of rotatable bonds is 2. The molecule has 0 aromatic carbocycles. The number of aromatic nitrogens is 4. The summed E-state index contributed by atoms with van der Waals surface area (Å²) < 4.78 is 2.15. The van der Waals surface area contributed by atoms with E-state index < -0.39 is 0 Å². The van der Waals surface area contributed by atoms with Crippen LogP contribution in [-0.4, -0.2) is 19.7 Å². The molecule has 2 N–H and O–H groups in total. The van der Waals surface area contributed by atoms with Crippen LogP contribution in [0.5, 0.6) is 0 Å². The zero-order chi connectivity index (χ0) is 13.9. The van der Waals surface area contributed by atoms with Crippen molar-refractivity contribution in [3.8, 4) is 6.07 Å². The predicted octanol–water partition coefficient (Wildman–Crippen LogP) is 2.00. The van der Waals surface area contributed by atoms with Crippen molar-refractivity contribution >= 4 is 17.4 Å². The van der Waals surface area contributed by atoms with Gasteiger partial charge in [-0.2, -0.15) is 5.26 Å². The van der Waals surface area contributed by atoms with E-state index in [9.17, 15) is 0 Å². The molecule has 102 valence electrons. The highest BCUT2D eigenvalue weighted by atomic mass is 32.2. The molecular weight excluding hydrogens is 272 g/mol. The second-order valence-electron chi connectivity index (χ2n) is 4.69. The number of hydrogen-bond acceptors (Lipinski definition) is 6. The molecule has 0 spiro atoms. The topological polar surface area (TPSA) is 93.4 Å². The van der Waals surface area contributed by atoms with E-state index in [1.54, 1.807) is 6.07 Å². The Labute approximate surface area is 121 Å². The Kier molecular flexibility index (Phi) is 3.56. The number of nitriles is 1. The first-order chi connectivity index (χ1) is 9.78. The molecule has 7 heteroatoms. The fourth-order valence-corrected chi connectivity index (χ4v) is 3.08. The minimum atomic E-state index is 0.465. The highest BCUT2D eigenvalue weighted by molar-refractivity contribution is 7.99. The summed E-state index contributed by atoms with van der Waals surface area (Å²) in [7, 11) is 0. The molecule has 0 unspecified atom stereocenters. The Balaban J connectivity index is 1.88. The Morgan fingerprint density at radius 1 is 1.30 bits per heavy atom. The van der Waals surface area contributed by atoms with Gasteiger partial charge < -0.3 is 10.3 Å². The maximum Gasteiger partial charge on any atom is 0.197 e. The van der Waals surface area contributed by atoms with Crippen molar-refractivity contribution in [3.05, 3.63) is 23.7 Å². The van der Waals surface area contributed by atoms with Gasteiger partial charge in [0.15, 0.2) is 5.16 Å². The molecule has 0 saturated heterocycles. The summed E-state index contributed by atoms with van der Waals surface area (Å²) in [4.78, 5) is 4.23. The number of pyridine rings is 1. The minimum absolute atomic E-state index is 0.465. The molecule has 2 aromatic rings. The van der Waals surface area contributed by atoms with Crippen molar-refractivity contribution in [1.82, 2.24) is 19.7 Å². The van der Waals surface area contributed by atoms with Crippen molar-refractivity contribution in [2.24, 2.45) is 0 Å². The first kappa shape index (κ1) is 12.9. The molecule has 6 nitrogen and oxygen atoms in total. The van der Waals surface area contributed by atoms with Crippen LogP contribution in [0.15, 0.2) is 22.4 Å². The van der Waals surface area contributed by atoms with Crippen LogP contribution in [0.4, 0.5) is 5.69 Å². The number of fused-ring (bicyclic) bond motifs is 1. The van der Waals surface area contributed by atoms with E-state index >= 15 is 0 Å². The molecule has 0 aliphatic carbocycles. The van der Waals surface area contributed by atoms with E-state index in [1.165, 1.54) is 30.8 Å². The van der Waals surface area contributed by atoms with Crippen LogP contribution in [0.1, 0.15) is 30.7 Å². The average molecular weight is 286 g/mol. The summed E-state index contributed by atoms with van der Waals surface area (Å²) in [5, 5.41) is 18.8. The van der Waals surface area contributed by atoms with Crippen molar-refractivity contribution in [1.29, 1.82) is 5.26 Å². The van der Waals surface area contributed by atoms with Crippen LogP contribution in [-0.2, 0) is 13.0 Å². The Morgan fingerprint density at radius 2 is 2.20 bits per heavy atom. The fourth-order valence-electron chi connectivity index (χ4n) is 2.24. The molecule has 1 aliphatic heterocycles. The van der Waals surface area contributed by atoms with Gasteiger partial charge in [-0.25, -0.2) is 4.98 Å². The van der Waals surface area contributed by atoms with Gasteiger partial charge in [-0.05, 0) is 30.7 Å². The lowest BCUT2D eigenvalue weighted by Gasteiger charge is -2.07. The first-order valence-electron chi connectivity index (χ1n) is 6.53. The standard InChI is InChI=1S/C13H14N6S/c14-7-9-6-10(15)12(16-8-9)20-13-18-17-11-4-2-1-3-5-19(11)13/h6,8H,1-5,15H2. The Hall–Kier alpha value is -2.07. The summed E-state index contributed by atoms with van der Waals surface area (Å²) >= 11 is 1.41. The number of aryl methyl sites for hydroxylation is 1. The molecule has 20 heavy (non-hydrogen) atoms. The predicted molar refractivity (Wildman–Crippen MR) is 75.1 cm³/mol. The lowest BCUT2D eigenvalue weighted by Crippen LogP contribution is -2.03. The van der Waals surface area contributed by atoms with Crippen LogP contribution in [0, 0.1) is 11.3 Å². The molecule has 0 bridgehead atoms.